The highest BCUT2D eigenvalue weighted by atomic mass is 79.9. The number of carbonyl (C=O) groups is 1. The molecule has 1 N–H and O–H groups in total. The van der Waals surface area contributed by atoms with Crippen molar-refractivity contribution in [2.45, 2.75) is 6.54 Å². The van der Waals surface area contributed by atoms with Gasteiger partial charge in [0.15, 0.2) is 0 Å². The fourth-order valence-electron chi connectivity index (χ4n) is 1.39. The van der Waals surface area contributed by atoms with Gasteiger partial charge in [-0.15, -0.1) is 11.3 Å². The minimum absolute atomic E-state index is 0.301. The first-order valence-electron chi connectivity index (χ1n) is 5.21. The highest BCUT2D eigenvalue weighted by Crippen LogP contribution is 2.22. The fourth-order valence-corrected chi connectivity index (χ4v) is 2.82. The quantitative estimate of drug-likeness (QED) is 0.876. The van der Waals surface area contributed by atoms with Crippen molar-refractivity contribution >= 4 is 38.9 Å². The largest absolute Gasteiger partial charge is 0.464 e. The lowest BCUT2D eigenvalue weighted by molar-refractivity contribution is 0.0594. The molecule has 0 aliphatic heterocycles. The van der Waals surface area contributed by atoms with Gasteiger partial charge in [0.1, 0.15) is 5.69 Å². The second-order valence-electron chi connectivity index (χ2n) is 3.48. The van der Waals surface area contributed by atoms with Gasteiger partial charge in [0, 0.05) is 23.3 Å². The maximum absolute atomic E-state index is 11.3. The topological polar surface area (TPSA) is 51.2 Å². The molecule has 0 atom stereocenters. The molecular formula is C12H11BrN2O2S. The molecule has 2 aromatic rings. The van der Waals surface area contributed by atoms with Crippen LogP contribution in [0.1, 0.15) is 15.4 Å². The Bertz CT molecular complexity index is 557. The van der Waals surface area contributed by atoms with Crippen LogP contribution < -0.4 is 5.32 Å². The second-order valence-corrected chi connectivity index (χ2v) is 6.03. The Morgan fingerprint density at radius 1 is 1.50 bits per heavy atom. The molecule has 4 nitrogen and oxygen atoms in total. The molecule has 0 aromatic carbocycles. The molecule has 0 aliphatic rings. The summed E-state index contributed by atoms with van der Waals surface area (Å²) in [5.74, 6) is -0.433. The molecule has 6 heteroatoms. The van der Waals surface area contributed by atoms with Gasteiger partial charge in [-0.2, -0.15) is 0 Å². The summed E-state index contributed by atoms with van der Waals surface area (Å²) in [6.07, 6.45) is 1.58. The van der Waals surface area contributed by atoms with Crippen LogP contribution in [0.2, 0.25) is 0 Å². The number of rotatable bonds is 4. The third kappa shape index (κ3) is 3.30. The molecule has 2 aromatic heterocycles. The first kappa shape index (κ1) is 13.0. The molecule has 0 aliphatic carbocycles. The Kier molecular flexibility index (Phi) is 4.33. The molecule has 0 saturated heterocycles. The van der Waals surface area contributed by atoms with Crippen molar-refractivity contribution in [3.63, 3.8) is 0 Å². The highest BCUT2D eigenvalue weighted by Gasteiger charge is 2.07. The lowest BCUT2D eigenvalue weighted by atomic mass is 10.3. The van der Waals surface area contributed by atoms with E-state index < -0.39 is 5.97 Å². The molecule has 0 radical (unpaired) electrons. The molecule has 0 saturated carbocycles. The van der Waals surface area contributed by atoms with Crippen LogP contribution in [0.3, 0.4) is 0 Å². The lowest BCUT2D eigenvalue weighted by Crippen LogP contribution is -2.05. The number of methoxy groups -OCH3 is 1. The number of hydrogen-bond acceptors (Lipinski definition) is 5. The monoisotopic (exact) mass is 326 g/mol. The number of thiophene rings is 1. The van der Waals surface area contributed by atoms with E-state index in [9.17, 15) is 4.79 Å². The van der Waals surface area contributed by atoms with E-state index in [0.29, 0.717) is 12.2 Å². The standard InChI is InChI=1S/C12H11BrN2O2S/c1-17-12(16)10-6-8(4-5-14-10)15-7-9-2-3-11(13)18-9/h2-6H,7H2,1H3,(H,14,15). The van der Waals surface area contributed by atoms with Crippen molar-refractivity contribution in [3.05, 3.63) is 44.8 Å². The van der Waals surface area contributed by atoms with E-state index in [2.05, 4.69) is 31.0 Å². The molecule has 0 unspecified atom stereocenters. The molecule has 0 bridgehead atoms. The number of esters is 1. The number of hydrogen-bond donors (Lipinski definition) is 1. The van der Waals surface area contributed by atoms with Crippen molar-refractivity contribution in [1.82, 2.24) is 4.98 Å². The van der Waals surface area contributed by atoms with Gasteiger partial charge in [0.05, 0.1) is 10.9 Å². The van der Waals surface area contributed by atoms with Crippen LogP contribution in [-0.4, -0.2) is 18.1 Å². The number of ether oxygens (including phenoxy) is 1. The maximum atomic E-state index is 11.3. The summed E-state index contributed by atoms with van der Waals surface area (Å²) in [7, 11) is 1.34. The number of pyridine rings is 1. The zero-order valence-corrected chi connectivity index (χ0v) is 12.0. The summed E-state index contributed by atoms with van der Waals surface area (Å²) in [5.41, 5.74) is 1.14. The van der Waals surface area contributed by atoms with Gasteiger partial charge in [-0.3, -0.25) is 0 Å². The van der Waals surface area contributed by atoms with Crippen LogP contribution in [0.4, 0.5) is 5.69 Å². The SMILES string of the molecule is COC(=O)c1cc(NCc2ccc(Br)s2)ccn1. The van der Waals surface area contributed by atoms with Crippen molar-refractivity contribution < 1.29 is 9.53 Å². The summed E-state index contributed by atoms with van der Waals surface area (Å²) in [6.45, 7) is 0.709. The Hall–Kier alpha value is -1.40. The van der Waals surface area contributed by atoms with Crippen molar-refractivity contribution in [1.29, 1.82) is 0 Å². The van der Waals surface area contributed by atoms with E-state index in [4.69, 9.17) is 0 Å². The molecule has 18 heavy (non-hydrogen) atoms. The van der Waals surface area contributed by atoms with Crippen LogP contribution >= 0.6 is 27.3 Å². The summed E-state index contributed by atoms with van der Waals surface area (Å²) >= 11 is 5.09. The predicted molar refractivity (Wildman–Crippen MR) is 74.9 cm³/mol. The third-order valence-corrected chi connectivity index (χ3v) is 3.87. The van der Waals surface area contributed by atoms with Gasteiger partial charge in [-0.05, 0) is 40.2 Å². The molecule has 94 valence electrons. The van der Waals surface area contributed by atoms with E-state index in [1.54, 1.807) is 23.6 Å². The van der Waals surface area contributed by atoms with Gasteiger partial charge >= 0.3 is 5.97 Å². The summed E-state index contributed by atoms with van der Waals surface area (Å²) in [4.78, 5) is 16.5. The second kappa shape index (κ2) is 5.97. The first-order valence-corrected chi connectivity index (χ1v) is 6.82. The predicted octanol–water partition coefficient (Wildman–Crippen LogP) is 3.30. The van der Waals surface area contributed by atoms with Gasteiger partial charge in [0.2, 0.25) is 0 Å². The van der Waals surface area contributed by atoms with Crippen LogP contribution in [0.5, 0.6) is 0 Å². The Balaban J connectivity index is 2.03. The highest BCUT2D eigenvalue weighted by molar-refractivity contribution is 9.11. The van der Waals surface area contributed by atoms with Crippen LogP contribution in [0.25, 0.3) is 0 Å². The summed E-state index contributed by atoms with van der Waals surface area (Å²) in [6, 6.07) is 7.54. The lowest BCUT2D eigenvalue weighted by Gasteiger charge is -2.05. The molecule has 2 rings (SSSR count). The van der Waals surface area contributed by atoms with Crippen molar-refractivity contribution in [3.8, 4) is 0 Å². The van der Waals surface area contributed by atoms with E-state index in [0.717, 1.165) is 9.47 Å². The number of nitrogens with one attached hydrogen (secondary N) is 1. The normalized spacial score (nSPS) is 10.1. The number of anilines is 1. The van der Waals surface area contributed by atoms with E-state index in [1.807, 2.05) is 18.2 Å². The van der Waals surface area contributed by atoms with Crippen LogP contribution in [-0.2, 0) is 11.3 Å². The number of halogens is 1. The minimum Gasteiger partial charge on any atom is -0.464 e. The first-order chi connectivity index (χ1) is 8.69. The third-order valence-electron chi connectivity index (χ3n) is 2.25. The number of carbonyl (C=O) groups excluding carboxylic acids is 1. The van der Waals surface area contributed by atoms with Crippen LogP contribution in [0, 0.1) is 0 Å². The average Bonchev–Trinajstić information content (AvgIpc) is 2.81. The molecular weight excluding hydrogens is 316 g/mol. The summed E-state index contributed by atoms with van der Waals surface area (Å²) in [5, 5.41) is 3.24. The van der Waals surface area contributed by atoms with Gasteiger partial charge in [-0.25, -0.2) is 9.78 Å². The molecule has 2 heterocycles. The van der Waals surface area contributed by atoms with E-state index >= 15 is 0 Å². The van der Waals surface area contributed by atoms with Gasteiger partial charge < -0.3 is 10.1 Å². The van der Waals surface area contributed by atoms with Gasteiger partial charge in [0.25, 0.3) is 0 Å². The molecule has 0 fully saturated rings. The molecule has 0 spiro atoms. The van der Waals surface area contributed by atoms with Gasteiger partial charge in [-0.1, -0.05) is 0 Å². The number of nitrogens with zero attached hydrogens (tertiary/aromatic N) is 1. The zero-order chi connectivity index (χ0) is 13.0. The Morgan fingerprint density at radius 3 is 3.00 bits per heavy atom. The smallest absolute Gasteiger partial charge is 0.356 e. The number of aromatic nitrogens is 1. The molecule has 0 amide bonds. The minimum atomic E-state index is -0.433. The van der Waals surface area contributed by atoms with Crippen molar-refractivity contribution in [2.24, 2.45) is 0 Å². The zero-order valence-electron chi connectivity index (χ0n) is 9.64. The summed E-state index contributed by atoms with van der Waals surface area (Å²) < 4.78 is 5.73. The average molecular weight is 327 g/mol. The van der Waals surface area contributed by atoms with E-state index in [1.165, 1.54) is 12.0 Å². The Labute approximate surface area is 117 Å². The van der Waals surface area contributed by atoms with E-state index in [-0.39, 0.29) is 0 Å². The maximum Gasteiger partial charge on any atom is 0.356 e. The van der Waals surface area contributed by atoms with Crippen molar-refractivity contribution in [2.75, 3.05) is 12.4 Å². The fraction of sp³-hybridized carbons (Fsp3) is 0.167. The van der Waals surface area contributed by atoms with Crippen LogP contribution in [0.15, 0.2) is 34.2 Å². The Morgan fingerprint density at radius 2 is 2.33 bits per heavy atom.